The Morgan fingerprint density at radius 2 is 2.11 bits per heavy atom. The fraction of sp³-hybridized carbons (Fsp3) is 0.350. The molecule has 0 saturated carbocycles. The summed E-state index contributed by atoms with van der Waals surface area (Å²) in [6, 6.07) is 5.72. The van der Waals surface area contributed by atoms with Gasteiger partial charge in [-0.15, -0.1) is 5.10 Å². The van der Waals surface area contributed by atoms with Gasteiger partial charge in [0.2, 0.25) is 5.78 Å². The third-order valence-corrected chi connectivity index (χ3v) is 5.21. The maximum atomic E-state index is 12.2. The molecule has 7 heteroatoms. The van der Waals surface area contributed by atoms with Crippen molar-refractivity contribution in [1.29, 1.82) is 0 Å². The fourth-order valence-corrected chi connectivity index (χ4v) is 3.60. The Hall–Kier alpha value is -2.93. The lowest BCUT2D eigenvalue weighted by Gasteiger charge is -2.28. The smallest absolute Gasteiger partial charge is 0.260 e. The third-order valence-electron chi connectivity index (χ3n) is 5.21. The molecule has 0 radical (unpaired) electrons. The number of nitrogens with zero attached hydrogens (tertiary/aromatic N) is 4. The molecule has 1 fully saturated rings. The topological polar surface area (TPSA) is 82.0 Å². The molecule has 0 aromatic carbocycles. The average molecular weight is 366 g/mol. The number of hydrogen-bond donors (Lipinski definition) is 1. The van der Waals surface area contributed by atoms with Crippen molar-refractivity contribution in [2.75, 3.05) is 33.3 Å². The van der Waals surface area contributed by atoms with Crippen LogP contribution < -0.4 is 10.5 Å². The van der Waals surface area contributed by atoms with Crippen molar-refractivity contribution in [3.05, 3.63) is 48.3 Å². The highest BCUT2D eigenvalue weighted by Gasteiger charge is 2.27. The molecule has 1 aliphatic heterocycles. The van der Waals surface area contributed by atoms with Gasteiger partial charge in [0.1, 0.15) is 18.9 Å². The minimum atomic E-state index is -0.216. The van der Waals surface area contributed by atoms with Crippen molar-refractivity contribution < 1.29 is 14.0 Å². The monoisotopic (exact) mass is 366 g/mol. The van der Waals surface area contributed by atoms with Crippen LogP contribution in [0.4, 0.5) is 5.69 Å². The Morgan fingerprint density at radius 3 is 2.89 bits per heavy atom. The molecule has 1 saturated heterocycles. The molecule has 4 rings (SSSR count). The number of fused-ring (bicyclic) bond motifs is 1. The van der Waals surface area contributed by atoms with Gasteiger partial charge < -0.3 is 15.0 Å². The van der Waals surface area contributed by atoms with E-state index < -0.39 is 0 Å². The van der Waals surface area contributed by atoms with Gasteiger partial charge in [0.05, 0.1) is 25.7 Å². The minimum absolute atomic E-state index is 0.216. The molecular weight excluding hydrogens is 342 g/mol. The lowest BCUT2D eigenvalue weighted by molar-refractivity contribution is -0.897. The standard InChI is InChI=1S/C20H23N5O2/c1-25(10-4-5-11-25)12-13-27-20-19(17-6-2-3-9-24(17)23-20)22-16-8-7-15(21)14-18(16)26/h2-3,6-9,14H,4-5,10-13H2,1H3,(H-,21,26)/p+1. The molecule has 2 aromatic rings. The molecule has 0 amide bonds. The number of nitrogens with two attached hydrogens (primary N) is 1. The van der Waals surface area contributed by atoms with Crippen molar-refractivity contribution in [2.24, 2.45) is 10.7 Å². The summed E-state index contributed by atoms with van der Waals surface area (Å²) in [5.74, 6) is 0.231. The van der Waals surface area contributed by atoms with Crippen LogP contribution in [-0.2, 0) is 4.79 Å². The van der Waals surface area contributed by atoms with Gasteiger partial charge in [0.25, 0.3) is 5.88 Å². The number of ether oxygens (including phenoxy) is 1. The second-order valence-electron chi connectivity index (χ2n) is 7.37. The highest BCUT2D eigenvalue weighted by atomic mass is 16.5. The fourth-order valence-electron chi connectivity index (χ4n) is 3.60. The number of allylic oxidation sites excluding steroid dienone is 3. The normalized spacial score (nSPS) is 20.4. The van der Waals surface area contributed by atoms with E-state index in [4.69, 9.17) is 10.5 Å². The lowest BCUT2D eigenvalue weighted by atomic mass is 10.1. The van der Waals surface area contributed by atoms with E-state index in [0.717, 1.165) is 16.5 Å². The zero-order valence-electron chi connectivity index (χ0n) is 15.5. The highest BCUT2D eigenvalue weighted by molar-refractivity contribution is 6.49. The number of pyridine rings is 1. The Bertz CT molecular complexity index is 964. The molecule has 0 spiro atoms. The molecule has 2 aliphatic rings. The predicted octanol–water partition coefficient (Wildman–Crippen LogP) is 2.01. The number of likely N-dealkylation sites (tertiary alicyclic amines) is 1. The quantitative estimate of drug-likeness (QED) is 0.648. The second-order valence-corrected chi connectivity index (χ2v) is 7.37. The number of quaternary nitrogens is 1. The number of carbonyl (C=O) groups is 1. The second kappa shape index (κ2) is 7.00. The van der Waals surface area contributed by atoms with Crippen molar-refractivity contribution in [1.82, 2.24) is 9.61 Å². The Labute approximate surface area is 158 Å². The van der Waals surface area contributed by atoms with Gasteiger partial charge in [0.15, 0.2) is 5.69 Å². The van der Waals surface area contributed by atoms with E-state index in [1.54, 1.807) is 16.7 Å². The van der Waals surface area contributed by atoms with Crippen molar-refractivity contribution in [3.63, 3.8) is 0 Å². The SMILES string of the molecule is C[N+]1(CCOc2nn3ccccc3c2N=C2C=CC(N)=CC2=O)CCCC1. The van der Waals surface area contributed by atoms with Crippen molar-refractivity contribution in [2.45, 2.75) is 12.8 Å². The molecule has 2 aromatic heterocycles. The van der Waals surface area contributed by atoms with Crippen LogP contribution in [0, 0.1) is 0 Å². The van der Waals surface area contributed by atoms with Gasteiger partial charge in [-0.2, -0.15) is 0 Å². The first kappa shape index (κ1) is 17.5. The van der Waals surface area contributed by atoms with Gasteiger partial charge >= 0.3 is 0 Å². The molecule has 2 N–H and O–H groups in total. The van der Waals surface area contributed by atoms with Gasteiger partial charge in [-0.05, 0) is 24.3 Å². The summed E-state index contributed by atoms with van der Waals surface area (Å²) in [7, 11) is 2.27. The average Bonchev–Trinajstić information content (AvgIpc) is 3.22. The van der Waals surface area contributed by atoms with E-state index >= 15 is 0 Å². The van der Waals surface area contributed by atoms with Crippen LogP contribution >= 0.6 is 0 Å². The zero-order valence-corrected chi connectivity index (χ0v) is 15.5. The number of aliphatic imine (C=N–C) groups is 1. The summed E-state index contributed by atoms with van der Waals surface area (Å²) < 4.78 is 8.77. The summed E-state index contributed by atoms with van der Waals surface area (Å²) in [5, 5.41) is 4.51. The van der Waals surface area contributed by atoms with Crippen LogP contribution in [0.3, 0.4) is 0 Å². The van der Waals surface area contributed by atoms with Gasteiger partial charge in [0, 0.05) is 30.8 Å². The van der Waals surface area contributed by atoms with Crippen LogP contribution in [0.1, 0.15) is 12.8 Å². The number of aromatic nitrogens is 2. The molecule has 140 valence electrons. The van der Waals surface area contributed by atoms with Crippen molar-refractivity contribution in [3.8, 4) is 5.88 Å². The molecular formula is C20H24N5O2+. The first-order valence-electron chi connectivity index (χ1n) is 9.26. The predicted molar refractivity (Wildman–Crippen MR) is 104 cm³/mol. The van der Waals surface area contributed by atoms with Crippen molar-refractivity contribution >= 4 is 22.7 Å². The molecule has 27 heavy (non-hydrogen) atoms. The first-order chi connectivity index (χ1) is 13.0. The highest BCUT2D eigenvalue weighted by Crippen LogP contribution is 2.32. The summed E-state index contributed by atoms with van der Waals surface area (Å²) in [6.45, 7) is 3.88. The van der Waals surface area contributed by atoms with Gasteiger partial charge in [-0.1, -0.05) is 6.07 Å². The summed E-state index contributed by atoms with van der Waals surface area (Å²) in [6.07, 6.45) is 9.07. The third kappa shape index (κ3) is 3.64. The van der Waals surface area contributed by atoms with Gasteiger partial charge in [-0.3, -0.25) is 4.79 Å². The Kier molecular flexibility index (Phi) is 4.53. The van der Waals surface area contributed by atoms with Gasteiger partial charge in [-0.25, -0.2) is 9.51 Å². The largest absolute Gasteiger partial charge is 0.469 e. The maximum absolute atomic E-state index is 12.2. The van der Waals surface area contributed by atoms with Crippen LogP contribution in [-0.4, -0.2) is 58.9 Å². The van der Waals surface area contributed by atoms with Crippen LogP contribution in [0.15, 0.2) is 53.3 Å². The summed E-state index contributed by atoms with van der Waals surface area (Å²) in [5.41, 5.74) is 7.80. The number of hydrogen-bond acceptors (Lipinski definition) is 5. The lowest BCUT2D eigenvalue weighted by Crippen LogP contribution is -2.43. The molecule has 0 unspecified atom stereocenters. The molecule has 7 nitrogen and oxygen atoms in total. The Balaban J connectivity index is 1.62. The van der Waals surface area contributed by atoms with E-state index in [9.17, 15) is 4.79 Å². The summed E-state index contributed by atoms with van der Waals surface area (Å²) >= 11 is 0. The number of ketones is 1. The van der Waals surface area contributed by atoms with Crippen LogP contribution in [0.2, 0.25) is 0 Å². The van der Waals surface area contributed by atoms with Crippen LogP contribution in [0.25, 0.3) is 5.52 Å². The van der Waals surface area contributed by atoms with E-state index in [-0.39, 0.29) is 5.78 Å². The van der Waals surface area contributed by atoms with E-state index in [1.807, 2.05) is 24.4 Å². The molecule has 3 heterocycles. The first-order valence-corrected chi connectivity index (χ1v) is 9.26. The number of likely N-dealkylation sites (N-methyl/N-ethyl adjacent to an activating group) is 1. The van der Waals surface area contributed by atoms with Crippen LogP contribution in [0.5, 0.6) is 5.88 Å². The molecule has 0 bridgehead atoms. The summed E-state index contributed by atoms with van der Waals surface area (Å²) in [4.78, 5) is 16.8. The maximum Gasteiger partial charge on any atom is 0.260 e. The number of carbonyl (C=O) groups excluding carboxylic acids is 1. The number of rotatable bonds is 5. The molecule has 0 atom stereocenters. The molecule has 1 aliphatic carbocycles. The van der Waals surface area contributed by atoms with E-state index in [1.165, 1.54) is 32.0 Å². The zero-order chi connectivity index (χ0) is 18.9. The van der Waals surface area contributed by atoms with E-state index in [2.05, 4.69) is 17.1 Å². The van der Waals surface area contributed by atoms with E-state index in [0.29, 0.717) is 29.6 Å². The minimum Gasteiger partial charge on any atom is -0.469 e. The Morgan fingerprint density at radius 1 is 1.30 bits per heavy atom.